The van der Waals surface area contributed by atoms with Gasteiger partial charge in [-0.1, -0.05) is 42.5 Å². The minimum absolute atomic E-state index is 0. The predicted octanol–water partition coefficient (Wildman–Crippen LogP) is 6.13. The highest BCUT2D eigenvalue weighted by Crippen LogP contribution is 2.33. The second-order valence-corrected chi connectivity index (χ2v) is 7.48. The van der Waals surface area contributed by atoms with E-state index >= 15 is 0 Å². The number of aryl methyl sites for hydroxylation is 2. The number of ether oxygens (including phenoxy) is 1. The molecular formula is C26H23ClFN3O. The maximum Gasteiger partial charge on any atom is 0.124 e. The van der Waals surface area contributed by atoms with Gasteiger partial charge >= 0.3 is 0 Å². The topological polar surface area (TPSA) is 50.8 Å². The Bertz CT molecular complexity index is 1240. The lowest BCUT2D eigenvalue weighted by molar-refractivity contribution is 0.0622. The average Bonchev–Trinajstić information content (AvgIpc) is 3.21. The Balaban J connectivity index is 0.00000289. The van der Waals surface area contributed by atoms with Crippen LogP contribution in [0.4, 0.5) is 4.39 Å². The van der Waals surface area contributed by atoms with E-state index in [-0.39, 0.29) is 18.2 Å². The molecule has 6 heteroatoms. The van der Waals surface area contributed by atoms with Gasteiger partial charge in [0.05, 0.1) is 36.5 Å². The first-order valence-corrected chi connectivity index (χ1v) is 9.99. The smallest absolute Gasteiger partial charge is 0.124 e. The normalized spacial score (nSPS) is 11.4. The van der Waals surface area contributed by atoms with E-state index in [1.54, 1.807) is 24.7 Å². The minimum atomic E-state index is -0.395. The van der Waals surface area contributed by atoms with E-state index in [1.165, 1.54) is 12.1 Å². The zero-order valence-corrected chi connectivity index (χ0v) is 18.6. The Labute approximate surface area is 193 Å². The number of nitrogens with zero attached hydrogens (tertiary/aromatic N) is 3. The van der Waals surface area contributed by atoms with Gasteiger partial charge in [-0.15, -0.1) is 12.4 Å². The number of rotatable bonds is 6. The van der Waals surface area contributed by atoms with Crippen LogP contribution in [-0.2, 0) is 18.4 Å². The van der Waals surface area contributed by atoms with Crippen molar-refractivity contribution < 1.29 is 9.13 Å². The highest BCUT2D eigenvalue weighted by atomic mass is 35.5. The van der Waals surface area contributed by atoms with Crippen molar-refractivity contribution in [3.8, 4) is 17.2 Å². The van der Waals surface area contributed by atoms with Crippen LogP contribution in [0.2, 0.25) is 0 Å². The number of benzene rings is 3. The average molecular weight is 448 g/mol. The van der Waals surface area contributed by atoms with Crippen LogP contribution in [0.3, 0.4) is 0 Å². The van der Waals surface area contributed by atoms with E-state index in [9.17, 15) is 9.65 Å². The van der Waals surface area contributed by atoms with E-state index < -0.39 is 6.10 Å². The number of imidazole rings is 1. The molecule has 1 atom stereocenters. The maximum absolute atomic E-state index is 13.3. The highest BCUT2D eigenvalue weighted by Gasteiger charge is 2.20. The molecule has 1 unspecified atom stereocenters. The van der Waals surface area contributed by atoms with Crippen LogP contribution in [0.1, 0.15) is 34.1 Å². The largest absolute Gasteiger partial charge is 0.363 e. The summed E-state index contributed by atoms with van der Waals surface area (Å²) in [6.07, 6.45) is 3.12. The van der Waals surface area contributed by atoms with Crippen LogP contribution in [-0.4, -0.2) is 9.55 Å². The lowest BCUT2D eigenvalue weighted by atomic mass is 9.93. The van der Waals surface area contributed by atoms with Crippen molar-refractivity contribution in [3.63, 3.8) is 0 Å². The predicted molar refractivity (Wildman–Crippen MR) is 125 cm³/mol. The molecule has 4 aromatic rings. The van der Waals surface area contributed by atoms with Gasteiger partial charge in [-0.25, -0.2) is 9.37 Å². The molecule has 0 saturated carbocycles. The lowest BCUT2D eigenvalue weighted by Gasteiger charge is -2.21. The zero-order valence-electron chi connectivity index (χ0n) is 17.8. The summed E-state index contributed by atoms with van der Waals surface area (Å²) in [5.41, 5.74) is 6.28. The third kappa shape index (κ3) is 4.88. The molecule has 4 rings (SSSR count). The summed E-state index contributed by atoms with van der Waals surface area (Å²) in [6.45, 7) is 2.35. The van der Waals surface area contributed by atoms with Crippen LogP contribution in [0, 0.1) is 24.1 Å². The molecule has 4 nitrogen and oxygen atoms in total. The van der Waals surface area contributed by atoms with Gasteiger partial charge in [0.15, 0.2) is 0 Å². The summed E-state index contributed by atoms with van der Waals surface area (Å²) < 4.78 is 21.5. The van der Waals surface area contributed by atoms with E-state index in [4.69, 9.17) is 4.74 Å². The third-order valence-corrected chi connectivity index (χ3v) is 5.35. The molecule has 0 radical (unpaired) electrons. The summed E-state index contributed by atoms with van der Waals surface area (Å²) in [7, 11) is 1.92. The first kappa shape index (κ1) is 23.2. The molecule has 0 fully saturated rings. The standard InChI is InChI=1S/C26H22FN3O.ClH/c1-18-5-3-4-6-23(18)24-13-20(9-10-21(24)14-28)26(25-15-29-17-30(25)2)31-16-19-7-11-22(27)12-8-19;/h3-13,15,17,26H,16H2,1-2H3;1H. The Morgan fingerprint density at radius 1 is 1.06 bits per heavy atom. The molecule has 0 aliphatic carbocycles. The van der Waals surface area contributed by atoms with E-state index in [0.29, 0.717) is 12.2 Å². The second-order valence-electron chi connectivity index (χ2n) is 7.48. The summed E-state index contributed by atoms with van der Waals surface area (Å²) >= 11 is 0. The molecule has 0 N–H and O–H groups in total. The summed E-state index contributed by atoms with van der Waals surface area (Å²) in [6, 6.07) is 22.4. The SMILES string of the molecule is Cc1ccccc1-c1cc(C(OCc2ccc(F)cc2)c2cncn2C)ccc1C#N.Cl. The molecule has 32 heavy (non-hydrogen) atoms. The van der Waals surface area contributed by atoms with Crippen LogP contribution < -0.4 is 0 Å². The van der Waals surface area contributed by atoms with E-state index in [2.05, 4.69) is 11.1 Å². The van der Waals surface area contributed by atoms with Crippen LogP contribution in [0.25, 0.3) is 11.1 Å². The van der Waals surface area contributed by atoms with Gasteiger partial charge in [-0.05, 0) is 53.4 Å². The van der Waals surface area contributed by atoms with E-state index in [0.717, 1.165) is 33.5 Å². The quantitative estimate of drug-likeness (QED) is 0.357. The Morgan fingerprint density at radius 3 is 2.47 bits per heavy atom. The van der Waals surface area contributed by atoms with Crippen molar-refractivity contribution >= 4 is 12.4 Å². The van der Waals surface area contributed by atoms with E-state index in [1.807, 2.05) is 61.0 Å². The molecule has 0 bridgehead atoms. The molecule has 3 aromatic carbocycles. The van der Waals surface area contributed by atoms with Crippen molar-refractivity contribution in [2.75, 3.05) is 0 Å². The van der Waals surface area contributed by atoms with Crippen molar-refractivity contribution in [2.45, 2.75) is 19.6 Å². The van der Waals surface area contributed by atoms with Gasteiger partial charge in [0.1, 0.15) is 11.9 Å². The Hall–Kier alpha value is -3.46. The van der Waals surface area contributed by atoms with Crippen LogP contribution in [0.5, 0.6) is 0 Å². The monoisotopic (exact) mass is 447 g/mol. The fraction of sp³-hybridized carbons (Fsp3) is 0.154. The van der Waals surface area contributed by atoms with Crippen molar-refractivity contribution in [1.82, 2.24) is 9.55 Å². The van der Waals surface area contributed by atoms with Gasteiger partial charge in [-0.3, -0.25) is 0 Å². The Morgan fingerprint density at radius 2 is 1.81 bits per heavy atom. The third-order valence-electron chi connectivity index (χ3n) is 5.35. The molecule has 1 aromatic heterocycles. The first-order chi connectivity index (χ1) is 15.1. The number of aromatic nitrogens is 2. The van der Waals surface area contributed by atoms with Gasteiger partial charge in [0.2, 0.25) is 0 Å². The molecule has 0 saturated heterocycles. The number of nitriles is 1. The molecular weight excluding hydrogens is 425 g/mol. The molecule has 0 aliphatic heterocycles. The summed E-state index contributed by atoms with van der Waals surface area (Å²) in [4.78, 5) is 4.24. The number of hydrogen-bond donors (Lipinski definition) is 0. The minimum Gasteiger partial charge on any atom is -0.363 e. The maximum atomic E-state index is 13.3. The van der Waals surface area contributed by atoms with Crippen LogP contribution in [0.15, 0.2) is 79.3 Å². The fourth-order valence-corrected chi connectivity index (χ4v) is 3.65. The second kappa shape index (κ2) is 10.2. The van der Waals surface area contributed by atoms with Gasteiger partial charge < -0.3 is 9.30 Å². The molecule has 162 valence electrons. The number of hydrogen-bond acceptors (Lipinski definition) is 3. The fourth-order valence-electron chi connectivity index (χ4n) is 3.65. The van der Waals surface area contributed by atoms with Crippen molar-refractivity contribution in [2.24, 2.45) is 7.05 Å². The summed E-state index contributed by atoms with van der Waals surface area (Å²) in [5, 5.41) is 9.68. The lowest BCUT2D eigenvalue weighted by Crippen LogP contribution is -2.11. The molecule has 0 spiro atoms. The first-order valence-electron chi connectivity index (χ1n) is 9.99. The van der Waals surface area contributed by atoms with Crippen LogP contribution >= 0.6 is 12.4 Å². The molecule has 1 heterocycles. The zero-order chi connectivity index (χ0) is 21.8. The summed E-state index contributed by atoms with van der Waals surface area (Å²) in [5.74, 6) is -0.276. The van der Waals surface area contributed by atoms with Gasteiger partial charge in [0.25, 0.3) is 0 Å². The molecule has 0 aliphatic rings. The van der Waals surface area contributed by atoms with Gasteiger partial charge in [0, 0.05) is 12.6 Å². The molecule has 0 amide bonds. The van der Waals surface area contributed by atoms with Crippen molar-refractivity contribution in [1.29, 1.82) is 5.26 Å². The van der Waals surface area contributed by atoms with Gasteiger partial charge in [-0.2, -0.15) is 5.26 Å². The highest BCUT2D eigenvalue weighted by molar-refractivity contribution is 5.85. The Kier molecular flexibility index (Phi) is 7.42. The van der Waals surface area contributed by atoms with Crippen molar-refractivity contribution in [3.05, 3.63) is 113 Å². The number of halogens is 2.